The van der Waals surface area contributed by atoms with Gasteiger partial charge in [-0.1, -0.05) is 13.0 Å². The normalized spacial score (nSPS) is 10.2. The van der Waals surface area contributed by atoms with Crippen molar-refractivity contribution < 1.29 is 0 Å². The Morgan fingerprint density at radius 2 is 2.27 bits per heavy atom. The maximum Gasteiger partial charge on any atom is 0.126 e. The largest absolute Gasteiger partial charge is 0.365 e. The van der Waals surface area contributed by atoms with Gasteiger partial charge in [-0.25, -0.2) is 4.98 Å². The third-order valence-corrected chi connectivity index (χ3v) is 3.28. The minimum Gasteiger partial charge on any atom is -0.365 e. The van der Waals surface area contributed by atoms with E-state index >= 15 is 0 Å². The van der Waals surface area contributed by atoms with Crippen LogP contribution in [0.15, 0.2) is 35.8 Å². The highest BCUT2D eigenvalue weighted by atomic mass is 32.1. The molecular weight excluding hydrogens is 204 g/mol. The molecule has 15 heavy (non-hydrogen) atoms. The number of aryl methyl sites for hydroxylation is 1. The Labute approximate surface area is 94.0 Å². The minimum atomic E-state index is 0.873. The van der Waals surface area contributed by atoms with Gasteiger partial charge in [0.1, 0.15) is 5.82 Å². The second kappa shape index (κ2) is 4.94. The predicted molar refractivity (Wildman–Crippen MR) is 65.3 cm³/mol. The molecule has 0 fully saturated rings. The van der Waals surface area contributed by atoms with Gasteiger partial charge >= 0.3 is 0 Å². The number of aromatic nitrogens is 1. The fourth-order valence-electron chi connectivity index (χ4n) is 1.48. The first-order valence-electron chi connectivity index (χ1n) is 5.10. The van der Waals surface area contributed by atoms with Crippen molar-refractivity contribution in [2.24, 2.45) is 0 Å². The average molecular weight is 218 g/mol. The van der Waals surface area contributed by atoms with Gasteiger partial charge in [-0.05, 0) is 35.6 Å². The SMILES string of the molecule is CCc1ccsc1CNc1ccccn1. The summed E-state index contributed by atoms with van der Waals surface area (Å²) in [5.41, 5.74) is 1.43. The zero-order valence-corrected chi connectivity index (χ0v) is 9.55. The van der Waals surface area contributed by atoms with Gasteiger partial charge in [-0.15, -0.1) is 11.3 Å². The van der Waals surface area contributed by atoms with Crippen LogP contribution < -0.4 is 5.32 Å². The molecule has 2 aromatic rings. The van der Waals surface area contributed by atoms with Gasteiger partial charge in [0.15, 0.2) is 0 Å². The van der Waals surface area contributed by atoms with Gasteiger partial charge in [0.05, 0.1) is 6.54 Å². The first kappa shape index (κ1) is 10.2. The van der Waals surface area contributed by atoms with Crippen LogP contribution in [0.1, 0.15) is 17.4 Å². The third-order valence-electron chi connectivity index (χ3n) is 2.31. The molecule has 0 atom stereocenters. The molecule has 0 saturated heterocycles. The molecule has 0 aliphatic heterocycles. The highest BCUT2D eigenvalue weighted by molar-refractivity contribution is 7.10. The highest BCUT2D eigenvalue weighted by Gasteiger charge is 2.01. The Hall–Kier alpha value is -1.35. The van der Waals surface area contributed by atoms with Crippen molar-refractivity contribution in [1.29, 1.82) is 0 Å². The van der Waals surface area contributed by atoms with Crippen LogP contribution in [-0.2, 0) is 13.0 Å². The van der Waals surface area contributed by atoms with Crippen molar-refractivity contribution in [2.75, 3.05) is 5.32 Å². The van der Waals surface area contributed by atoms with Crippen LogP contribution in [0.3, 0.4) is 0 Å². The van der Waals surface area contributed by atoms with Crippen LogP contribution >= 0.6 is 11.3 Å². The second-order valence-electron chi connectivity index (χ2n) is 3.29. The fourth-order valence-corrected chi connectivity index (χ4v) is 2.39. The van der Waals surface area contributed by atoms with Crippen LogP contribution in [-0.4, -0.2) is 4.98 Å². The van der Waals surface area contributed by atoms with Crippen LogP contribution in [0.4, 0.5) is 5.82 Å². The number of thiophene rings is 1. The summed E-state index contributed by atoms with van der Waals surface area (Å²) in [6.45, 7) is 3.06. The molecule has 2 aromatic heterocycles. The molecule has 3 heteroatoms. The summed E-state index contributed by atoms with van der Waals surface area (Å²) in [6, 6.07) is 8.09. The van der Waals surface area contributed by atoms with Gasteiger partial charge in [0.25, 0.3) is 0 Å². The standard InChI is InChI=1S/C12H14N2S/c1-2-10-6-8-15-11(10)9-14-12-5-3-4-7-13-12/h3-8H,2,9H2,1H3,(H,13,14). The van der Waals surface area contributed by atoms with Crippen molar-refractivity contribution in [1.82, 2.24) is 4.98 Å². The third kappa shape index (κ3) is 2.57. The van der Waals surface area contributed by atoms with E-state index in [0.717, 1.165) is 18.8 Å². The minimum absolute atomic E-state index is 0.873. The van der Waals surface area contributed by atoms with Gasteiger partial charge < -0.3 is 5.32 Å². The lowest BCUT2D eigenvalue weighted by atomic mass is 10.2. The van der Waals surface area contributed by atoms with Gasteiger partial charge in [0, 0.05) is 11.1 Å². The Balaban J connectivity index is 1.99. The molecule has 2 heterocycles. The topological polar surface area (TPSA) is 24.9 Å². The summed E-state index contributed by atoms with van der Waals surface area (Å²) < 4.78 is 0. The number of hydrogen-bond acceptors (Lipinski definition) is 3. The van der Waals surface area contributed by atoms with Crippen molar-refractivity contribution in [2.45, 2.75) is 19.9 Å². The monoisotopic (exact) mass is 218 g/mol. The van der Waals surface area contributed by atoms with Crippen LogP contribution in [0.5, 0.6) is 0 Å². The maximum atomic E-state index is 4.23. The van der Waals surface area contributed by atoms with E-state index in [9.17, 15) is 0 Å². The number of nitrogens with one attached hydrogen (secondary N) is 1. The van der Waals surface area contributed by atoms with Crippen LogP contribution in [0.2, 0.25) is 0 Å². The molecule has 0 bridgehead atoms. The summed E-state index contributed by atoms with van der Waals surface area (Å²) in [5, 5.41) is 5.47. The van der Waals surface area contributed by atoms with E-state index in [1.54, 1.807) is 17.5 Å². The van der Waals surface area contributed by atoms with E-state index in [-0.39, 0.29) is 0 Å². The molecule has 0 aliphatic rings. The van der Waals surface area contributed by atoms with E-state index in [1.165, 1.54) is 10.4 Å². The summed E-state index contributed by atoms with van der Waals surface area (Å²) >= 11 is 1.80. The smallest absolute Gasteiger partial charge is 0.126 e. The molecular formula is C12H14N2S. The molecule has 78 valence electrons. The summed E-state index contributed by atoms with van der Waals surface area (Å²) in [5.74, 6) is 0.938. The van der Waals surface area contributed by atoms with E-state index in [0.29, 0.717) is 0 Å². The molecule has 2 rings (SSSR count). The lowest BCUT2D eigenvalue weighted by Crippen LogP contribution is -2.00. The molecule has 0 unspecified atom stereocenters. The maximum absolute atomic E-state index is 4.23. The van der Waals surface area contributed by atoms with Gasteiger partial charge in [-0.3, -0.25) is 0 Å². The van der Waals surface area contributed by atoms with Crippen molar-refractivity contribution >= 4 is 17.2 Å². The Bertz CT molecular complexity index is 409. The van der Waals surface area contributed by atoms with Gasteiger partial charge in [0.2, 0.25) is 0 Å². The summed E-state index contributed by atoms with van der Waals surface area (Å²) in [7, 11) is 0. The second-order valence-corrected chi connectivity index (χ2v) is 4.29. The quantitative estimate of drug-likeness (QED) is 0.851. The van der Waals surface area contributed by atoms with E-state index in [2.05, 4.69) is 28.7 Å². The molecule has 0 radical (unpaired) electrons. The zero-order chi connectivity index (χ0) is 10.5. The zero-order valence-electron chi connectivity index (χ0n) is 8.73. The van der Waals surface area contributed by atoms with E-state index < -0.39 is 0 Å². The molecule has 2 nitrogen and oxygen atoms in total. The molecule has 0 amide bonds. The van der Waals surface area contributed by atoms with E-state index in [1.807, 2.05) is 18.2 Å². The average Bonchev–Trinajstić information content (AvgIpc) is 2.75. The first-order valence-corrected chi connectivity index (χ1v) is 5.98. The van der Waals surface area contributed by atoms with Gasteiger partial charge in [-0.2, -0.15) is 0 Å². The molecule has 0 aromatic carbocycles. The number of nitrogens with zero attached hydrogens (tertiary/aromatic N) is 1. The fraction of sp³-hybridized carbons (Fsp3) is 0.250. The highest BCUT2D eigenvalue weighted by Crippen LogP contribution is 2.18. The number of rotatable bonds is 4. The predicted octanol–water partition coefficient (Wildman–Crippen LogP) is 3.32. The summed E-state index contributed by atoms with van der Waals surface area (Å²) in [6.07, 6.45) is 2.90. The van der Waals surface area contributed by atoms with E-state index in [4.69, 9.17) is 0 Å². The van der Waals surface area contributed by atoms with Crippen LogP contribution in [0.25, 0.3) is 0 Å². The Kier molecular flexibility index (Phi) is 3.35. The van der Waals surface area contributed by atoms with Crippen molar-refractivity contribution in [3.05, 3.63) is 46.3 Å². The molecule has 0 spiro atoms. The molecule has 0 aliphatic carbocycles. The first-order chi connectivity index (χ1) is 7.40. The number of hydrogen-bond donors (Lipinski definition) is 1. The van der Waals surface area contributed by atoms with Crippen molar-refractivity contribution in [3.63, 3.8) is 0 Å². The lowest BCUT2D eigenvalue weighted by Gasteiger charge is -2.04. The van der Waals surface area contributed by atoms with Crippen molar-refractivity contribution in [3.8, 4) is 0 Å². The molecule has 1 N–H and O–H groups in total. The van der Waals surface area contributed by atoms with Crippen LogP contribution in [0, 0.1) is 0 Å². The number of anilines is 1. The Morgan fingerprint density at radius 1 is 1.33 bits per heavy atom. The molecule has 0 saturated carbocycles. The number of pyridine rings is 1. The Morgan fingerprint density at radius 3 is 3.00 bits per heavy atom. The summed E-state index contributed by atoms with van der Waals surface area (Å²) in [4.78, 5) is 5.63. The lowest BCUT2D eigenvalue weighted by molar-refractivity contribution is 1.07.